The molecule has 0 atom stereocenters. The van der Waals surface area contributed by atoms with Crippen molar-refractivity contribution in [2.24, 2.45) is 11.8 Å². The molecule has 2 aliphatic rings. The monoisotopic (exact) mass is 426 g/mol. The number of likely N-dealkylation sites (tertiary alicyclic amines) is 2. The van der Waals surface area contributed by atoms with E-state index < -0.39 is 12.8 Å². The van der Waals surface area contributed by atoms with Crippen molar-refractivity contribution in [1.82, 2.24) is 9.80 Å². The Labute approximate surface area is 175 Å². The number of ether oxygens (including phenoxy) is 1. The second-order valence-corrected chi connectivity index (χ2v) is 8.38. The number of carbonyl (C=O) groups excluding carboxylic acids is 2. The van der Waals surface area contributed by atoms with E-state index in [0.29, 0.717) is 43.0 Å². The molecule has 1 aromatic rings. The van der Waals surface area contributed by atoms with Crippen molar-refractivity contribution in [3.05, 3.63) is 35.4 Å². The average Bonchev–Trinajstić information content (AvgIpc) is 2.73. The Morgan fingerprint density at radius 1 is 0.967 bits per heavy atom. The summed E-state index contributed by atoms with van der Waals surface area (Å²) in [5, 5.41) is 0. The van der Waals surface area contributed by atoms with Gasteiger partial charge < -0.3 is 14.5 Å². The first-order valence-corrected chi connectivity index (χ1v) is 10.5. The fraction of sp³-hybridized carbons (Fsp3) is 0.636. The molecule has 1 aromatic carbocycles. The van der Waals surface area contributed by atoms with E-state index in [9.17, 15) is 22.8 Å². The van der Waals surface area contributed by atoms with E-state index in [0.717, 1.165) is 25.9 Å². The molecular formula is C22H29F3N2O3. The van der Waals surface area contributed by atoms with Crippen LogP contribution < -0.4 is 0 Å². The molecule has 166 valence electrons. The van der Waals surface area contributed by atoms with Gasteiger partial charge in [-0.1, -0.05) is 19.1 Å². The second-order valence-electron chi connectivity index (χ2n) is 8.38. The van der Waals surface area contributed by atoms with Crippen LogP contribution in [0.25, 0.3) is 0 Å². The Kier molecular flexibility index (Phi) is 7.39. The number of benzene rings is 1. The van der Waals surface area contributed by atoms with Crippen LogP contribution in [0.1, 0.15) is 48.5 Å². The van der Waals surface area contributed by atoms with Crippen LogP contribution in [0.2, 0.25) is 0 Å². The Morgan fingerprint density at radius 2 is 1.53 bits per heavy atom. The lowest BCUT2D eigenvalue weighted by Gasteiger charge is -2.36. The van der Waals surface area contributed by atoms with Crippen LogP contribution in [-0.2, 0) is 16.1 Å². The number of nitrogens with zero attached hydrogens (tertiary/aromatic N) is 2. The summed E-state index contributed by atoms with van der Waals surface area (Å²) in [6.45, 7) is 3.50. The van der Waals surface area contributed by atoms with E-state index in [2.05, 4.69) is 11.7 Å². The van der Waals surface area contributed by atoms with E-state index in [1.54, 1.807) is 29.2 Å². The van der Waals surface area contributed by atoms with E-state index in [4.69, 9.17) is 0 Å². The van der Waals surface area contributed by atoms with Crippen LogP contribution in [0.4, 0.5) is 13.2 Å². The molecule has 30 heavy (non-hydrogen) atoms. The maximum Gasteiger partial charge on any atom is 0.411 e. The van der Waals surface area contributed by atoms with Gasteiger partial charge in [-0.3, -0.25) is 9.59 Å². The second kappa shape index (κ2) is 9.81. The topological polar surface area (TPSA) is 49.9 Å². The zero-order valence-corrected chi connectivity index (χ0v) is 17.3. The lowest BCUT2D eigenvalue weighted by molar-refractivity contribution is -0.176. The highest BCUT2D eigenvalue weighted by atomic mass is 19.4. The quantitative estimate of drug-likeness (QED) is 0.718. The Morgan fingerprint density at radius 3 is 2.10 bits per heavy atom. The summed E-state index contributed by atoms with van der Waals surface area (Å²) >= 11 is 0. The number of carbonyl (C=O) groups is 2. The van der Waals surface area contributed by atoms with Gasteiger partial charge in [-0.15, -0.1) is 0 Å². The van der Waals surface area contributed by atoms with Crippen molar-refractivity contribution in [1.29, 1.82) is 0 Å². The molecule has 0 aromatic heterocycles. The molecule has 0 radical (unpaired) electrons. The largest absolute Gasteiger partial charge is 0.411 e. The van der Waals surface area contributed by atoms with Gasteiger partial charge in [0.15, 0.2) is 0 Å². The van der Waals surface area contributed by atoms with E-state index >= 15 is 0 Å². The predicted molar refractivity (Wildman–Crippen MR) is 106 cm³/mol. The molecule has 0 unspecified atom stereocenters. The first-order valence-electron chi connectivity index (χ1n) is 10.5. The van der Waals surface area contributed by atoms with E-state index in [-0.39, 0.29) is 24.3 Å². The molecule has 2 heterocycles. The molecule has 0 aliphatic carbocycles. The number of rotatable bonds is 5. The first kappa shape index (κ1) is 22.6. The number of hydrogen-bond donors (Lipinski definition) is 0. The van der Waals surface area contributed by atoms with Crippen molar-refractivity contribution in [2.45, 2.75) is 45.4 Å². The van der Waals surface area contributed by atoms with Crippen LogP contribution in [-0.4, -0.2) is 60.6 Å². The third kappa shape index (κ3) is 6.20. The van der Waals surface area contributed by atoms with Crippen molar-refractivity contribution in [3.8, 4) is 0 Å². The van der Waals surface area contributed by atoms with Gasteiger partial charge >= 0.3 is 6.18 Å². The lowest BCUT2D eigenvalue weighted by atomic mass is 9.92. The summed E-state index contributed by atoms with van der Waals surface area (Å²) in [5.74, 6) is 0.763. The maximum atomic E-state index is 12.7. The Hall–Kier alpha value is -2.09. The molecule has 0 spiro atoms. The molecule has 3 rings (SSSR count). The van der Waals surface area contributed by atoms with Gasteiger partial charge in [0.25, 0.3) is 5.91 Å². The number of piperidine rings is 2. The molecule has 0 bridgehead atoms. The van der Waals surface area contributed by atoms with Crippen LogP contribution in [0, 0.1) is 11.8 Å². The highest BCUT2D eigenvalue weighted by Gasteiger charge is 2.32. The third-order valence-electron chi connectivity index (χ3n) is 5.96. The smallest absolute Gasteiger partial charge is 0.367 e. The fourth-order valence-corrected chi connectivity index (χ4v) is 4.03. The summed E-state index contributed by atoms with van der Waals surface area (Å²) in [6, 6.07) is 6.44. The zero-order valence-electron chi connectivity index (χ0n) is 17.3. The van der Waals surface area contributed by atoms with Crippen LogP contribution in [0.15, 0.2) is 24.3 Å². The van der Waals surface area contributed by atoms with Crippen molar-refractivity contribution in [3.63, 3.8) is 0 Å². The molecule has 0 saturated carbocycles. The number of halogens is 3. The average molecular weight is 426 g/mol. The molecule has 8 heteroatoms. The minimum Gasteiger partial charge on any atom is -0.367 e. The molecule has 2 saturated heterocycles. The SMILES string of the molecule is CC1CCN(C(=O)C2CCN(C(=O)c3ccc(COCC(F)(F)F)cc3)CC2)CC1. The van der Waals surface area contributed by atoms with Crippen LogP contribution in [0.5, 0.6) is 0 Å². The van der Waals surface area contributed by atoms with Gasteiger partial charge in [0, 0.05) is 37.7 Å². The van der Waals surface area contributed by atoms with Crippen molar-refractivity contribution in [2.75, 3.05) is 32.8 Å². The molecule has 0 N–H and O–H groups in total. The zero-order chi connectivity index (χ0) is 21.7. The highest BCUT2D eigenvalue weighted by Crippen LogP contribution is 2.24. The number of amides is 2. The minimum absolute atomic E-state index is 0.0180. The minimum atomic E-state index is -4.35. The highest BCUT2D eigenvalue weighted by molar-refractivity contribution is 5.94. The van der Waals surface area contributed by atoms with Gasteiger partial charge in [0.05, 0.1) is 6.61 Å². The standard InChI is InChI=1S/C22H29F3N2O3/c1-16-6-10-26(11-7-16)21(29)19-8-12-27(13-9-19)20(28)18-4-2-17(3-5-18)14-30-15-22(23,24)25/h2-5,16,19H,6-15H2,1H3. The van der Waals surface area contributed by atoms with Gasteiger partial charge in [-0.2, -0.15) is 13.2 Å². The molecule has 2 aliphatic heterocycles. The number of hydrogen-bond acceptors (Lipinski definition) is 3. The van der Waals surface area contributed by atoms with Crippen LogP contribution >= 0.6 is 0 Å². The van der Waals surface area contributed by atoms with Gasteiger partial charge in [0.1, 0.15) is 6.61 Å². The van der Waals surface area contributed by atoms with Gasteiger partial charge in [0.2, 0.25) is 5.91 Å². The summed E-state index contributed by atoms with van der Waals surface area (Å²) < 4.78 is 41.0. The summed E-state index contributed by atoms with van der Waals surface area (Å²) in [5.41, 5.74) is 1.07. The normalized spacial score (nSPS) is 19.2. The van der Waals surface area contributed by atoms with Gasteiger partial charge in [-0.05, 0) is 49.3 Å². The summed E-state index contributed by atoms with van der Waals surface area (Å²) in [4.78, 5) is 29.2. The van der Waals surface area contributed by atoms with Gasteiger partial charge in [-0.25, -0.2) is 0 Å². The molecular weight excluding hydrogens is 397 g/mol. The van der Waals surface area contributed by atoms with E-state index in [1.807, 2.05) is 4.90 Å². The maximum absolute atomic E-state index is 12.7. The first-order chi connectivity index (χ1) is 14.2. The fourth-order valence-electron chi connectivity index (χ4n) is 4.03. The third-order valence-corrected chi connectivity index (χ3v) is 5.96. The van der Waals surface area contributed by atoms with E-state index in [1.165, 1.54) is 0 Å². The summed E-state index contributed by atoms with van der Waals surface area (Å²) in [6.07, 6.45) is -0.906. The van der Waals surface area contributed by atoms with Crippen molar-refractivity contribution >= 4 is 11.8 Å². The molecule has 2 fully saturated rings. The Balaban J connectivity index is 1.46. The predicted octanol–water partition coefficient (Wildman–Crippen LogP) is 3.88. The summed E-state index contributed by atoms with van der Waals surface area (Å²) in [7, 11) is 0. The van der Waals surface area contributed by atoms with Crippen LogP contribution in [0.3, 0.4) is 0 Å². The molecule has 2 amide bonds. The van der Waals surface area contributed by atoms with Crippen molar-refractivity contribution < 1.29 is 27.5 Å². The Bertz CT molecular complexity index is 720. The lowest BCUT2D eigenvalue weighted by Crippen LogP contribution is -2.46. The number of alkyl halides is 3. The molecule has 5 nitrogen and oxygen atoms in total.